The van der Waals surface area contributed by atoms with E-state index in [9.17, 15) is 9.59 Å². The molecule has 0 aliphatic heterocycles. The third kappa shape index (κ3) is 4.04. The number of rotatable bonds is 5. The first-order chi connectivity index (χ1) is 8.40. The summed E-state index contributed by atoms with van der Waals surface area (Å²) in [4.78, 5) is 27.6. The topological polar surface area (TPSA) is 100 Å². The van der Waals surface area contributed by atoms with E-state index in [0.717, 1.165) is 0 Å². The second-order valence-electron chi connectivity index (χ2n) is 4.11. The van der Waals surface area contributed by atoms with Crippen LogP contribution >= 0.6 is 0 Å². The van der Waals surface area contributed by atoms with E-state index in [1.165, 1.54) is 15.9 Å². The molecule has 1 aromatic heterocycles. The minimum Gasteiger partial charge on any atom is -0.480 e. The maximum absolute atomic E-state index is 11.8. The van der Waals surface area contributed by atoms with Gasteiger partial charge >= 0.3 is 12.0 Å². The number of carbonyl (C=O) groups excluding carboxylic acids is 1. The van der Waals surface area contributed by atoms with Crippen molar-refractivity contribution in [3.63, 3.8) is 0 Å². The van der Waals surface area contributed by atoms with Crippen LogP contribution in [0, 0.1) is 0 Å². The number of aliphatic carboxylic acids is 1. The van der Waals surface area contributed by atoms with Gasteiger partial charge in [-0.05, 0) is 13.8 Å². The Bertz CT molecular complexity index is 429. The smallest absolute Gasteiger partial charge is 0.323 e. The number of amides is 2. The fourth-order valence-corrected chi connectivity index (χ4v) is 1.36. The molecule has 0 aliphatic carbocycles. The van der Waals surface area contributed by atoms with Crippen LogP contribution in [0.5, 0.6) is 0 Å². The van der Waals surface area contributed by atoms with Gasteiger partial charge in [0.1, 0.15) is 12.9 Å². The van der Waals surface area contributed by atoms with Gasteiger partial charge in [-0.25, -0.2) is 9.78 Å². The summed E-state index contributed by atoms with van der Waals surface area (Å²) in [6.07, 6.45) is 1.53. The van der Waals surface area contributed by atoms with Gasteiger partial charge in [-0.1, -0.05) is 0 Å². The predicted molar refractivity (Wildman–Crippen MR) is 62.7 cm³/mol. The van der Waals surface area contributed by atoms with Gasteiger partial charge in [0.15, 0.2) is 5.82 Å². The average molecular weight is 255 g/mol. The quantitative estimate of drug-likeness (QED) is 0.760. The molecule has 0 unspecified atom stereocenters. The largest absolute Gasteiger partial charge is 0.480 e. The molecule has 0 radical (unpaired) electrons. The highest BCUT2D eigenvalue weighted by Crippen LogP contribution is 1.99. The highest BCUT2D eigenvalue weighted by molar-refractivity contribution is 5.80. The van der Waals surface area contributed by atoms with Crippen molar-refractivity contribution in [3.05, 3.63) is 12.2 Å². The van der Waals surface area contributed by atoms with E-state index in [4.69, 9.17) is 5.11 Å². The van der Waals surface area contributed by atoms with Crippen molar-refractivity contribution in [2.24, 2.45) is 7.05 Å². The summed E-state index contributed by atoms with van der Waals surface area (Å²) in [5.41, 5.74) is 0. The Hall–Kier alpha value is -2.12. The second-order valence-corrected chi connectivity index (χ2v) is 4.11. The van der Waals surface area contributed by atoms with Gasteiger partial charge in [-0.2, -0.15) is 5.10 Å². The maximum atomic E-state index is 11.8. The van der Waals surface area contributed by atoms with Gasteiger partial charge in [0.25, 0.3) is 0 Å². The first kappa shape index (κ1) is 13.9. The summed E-state index contributed by atoms with van der Waals surface area (Å²) in [6, 6.07) is -0.641. The first-order valence-electron chi connectivity index (χ1n) is 5.51. The number of hydrogen-bond donors (Lipinski definition) is 2. The van der Waals surface area contributed by atoms with Crippen molar-refractivity contribution in [2.45, 2.75) is 26.4 Å². The number of urea groups is 1. The van der Waals surface area contributed by atoms with Crippen LogP contribution in [0.3, 0.4) is 0 Å². The molecule has 0 bridgehead atoms. The first-order valence-corrected chi connectivity index (χ1v) is 5.51. The highest BCUT2D eigenvalue weighted by atomic mass is 16.4. The number of nitrogens with one attached hydrogen (secondary N) is 1. The molecule has 1 rings (SSSR count). The zero-order valence-electron chi connectivity index (χ0n) is 10.6. The summed E-state index contributed by atoms with van der Waals surface area (Å²) < 4.78 is 1.53. The molecular weight excluding hydrogens is 238 g/mol. The lowest BCUT2D eigenvalue weighted by atomic mass is 10.3. The third-order valence-corrected chi connectivity index (χ3v) is 2.23. The summed E-state index contributed by atoms with van der Waals surface area (Å²) in [5.74, 6) is -0.570. The van der Waals surface area contributed by atoms with Gasteiger partial charge in [0.2, 0.25) is 0 Å². The summed E-state index contributed by atoms with van der Waals surface area (Å²) >= 11 is 0. The minimum absolute atomic E-state index is 0.169. The number of aryl methyl sites for hydroxylation is 1. The number of aromatic nitrogens is 3. The summed E-state index contributed by atoms with van der Waals surface area (Å²) in [7, 11) is 1.73. The normalized spacial score (nSPS) is 10.4. The Balaban J connectivity index is 2.53. The van der Waals surface area contributed by atoms with Crippen molar-refractivity contribution in [1.82, 2.24) is 25.0 Å². The lowest BCUT2D eigenvalue weighted by molar-refractivity contribution is -0.138. The van der Waals surface area contributed by atoms with Gasteiger partial charge in [-0.3, -0.25) is 9.48 Å². The number of carboxylic acids is 1. The van der Waals surface area contributed by atoms with E-state index in [0.29, 0.717) is 5.82 Å². The van der Waals surface area contributed by atoms with Crippen LogP contribution in [0.15, 0.2) is 6.33 Å². The molecule has 0 spiro atoms. The van der Waals surface area contributed by atoms with E-state index >= 15 is 0 Å². The van der Waals surface area contributed by atoms with Crippen LogP contribution in [0.2, 0.25) is 0 Å². The van der Waals surface area contributed by atoms with E-state index in [1.807, 2.05) is 0 Å². The Labute approximate surface area is 105 Å². The van der Waals surface area contributed by atoms with Crippen LogP contribution in [-0.2, 0) is 18.4 Å². The fraction of sp³-hybridized carbons (Fsp3) is 0.600. The molecule has 1 heterocycles. The molecular formula is C10H17N5O3. The Morgan fingerprint density at radius 3 is 2.67 bits per heavy atom. The van der Waals surface area contributed by atoms with Crippen LogP contribution in [0.25, 0.3) is 0 Å². The molecule has 2 N–H and O–H groups in total. The lowest BCUT2D eigenvalue weighted by Crippen LogP contribution is -2.46. The molecule has 8 heteroatoms. The van der Waals surface area contributed by atoms with Crippen LogP contribution < -0.4 is 5.32 Å². The Kier molecular flexibility index (Phi) is 4.64. The zero-order valence-corrected chi connectivity index (χ0v) is 10.6. The van der Waals surface area contributed by atoms with Crippen LogP contribution in [0.1, 0.15) is 19.7 Å². The highest BCUT2D eigenvalue weighted by Gasteiger charge is 2.19. The molecule has 0 saturated heterocycles. The zero-order chi connectivity index (χ0) is 13.7. The molecule has 18 heavy (non-hydrogen) atoms. The van der Waals surface area contributed by atoms with Crippen molar-refractivity contribution >= 4 is 12.0 Å². The molecule has 0 aliphatic rings. The molecule has 0 atom stereocenters. The number of nitrogens with zero attached hydrogens (tertiary/aromatic N) is 4. The fourth-order valence-electron chi connectivity index (χ4n) is 1.36. The molecule has 100 valence electrons. The number of carboxylic acid groups (broad SMARTS) is 1. The van der Waals surface area contributed by atoms with E-state index in [1.54, 1.807) is 20.9 Å². The van der Waals surface area contributed by atoms with Crippen molar-refractivity contribution in [2.75, 3.05) is 6.54 Å². The molecule has 0 fully saturated rings. The number of carbonyl (C=O) groups is 2. The summed E-state index contributed by atoms with van der Waals surface area (Å²) in [5, 5.41) is 15.3. The van der Waals surface area contributed by atoms with Crippen molar-refractivity contribution in [1.29, 1.82) is 0 Å². The lowest BCUT2D eigenvalue weighted by Gasteiger charge is -2.24. The average Bonchev–Trinajstić information content (AvgIpc) is 2.68. The molecule has 0 aromatic carbocycles. The van der Waals surface area contributed by atoms with Crippen LogP contribution in [-0.4, -0.2) is 49.4 Å². The molecule has 8 nitrogen and oxygen atoms in total. The van der Waals surface area contributed by atoms with E-state index in [-0.39, 0.29) is 19.1 Å². The standard InChI is InChI=1S/C10H17N5O3/c1-7(2)15(5-9(16)17)10(18)11-4-8-12-6-14(3)13-8/h6-7H,4-5H2,1-3H3,(H,11,18)(H,16,17). The van der Waals surface area contributed by atoms with Crippen LogP contribution in [0.4, 0.5) is 4.79 Å². The van der Waals surface area contributed by atoms with Gasteiger partial charge in [-0.15, -0.1) is 0 Å². The van der Waals surface area contributed by atoms with E-state index < -0.39 is 12.0 Å². The molecule has 0 saturated carbocycles. The van der Waals surface area contributed by atoms with Crippen molar-refractivity contribution in [3.8, 4) is 0 Å². The van der Waals surface area contributed by atoms with Crippen molar-refractivity contribution < 1.29 is 14.7 Å². The monoisotopic (exact) mass is 255 g/mol. The Morgan fingerprint density at radius 1 is 1.56 bits per heavy atom. The molecule has 1 aromatic rings. The second kappa shape index (κ2) is 5.99. The van der Waals surface area contributed by atoms with Gasteiger partial charge in [0, 0.05) is 13.1 Å². The SMILES string of the molecule is CC(C)N(CC(=O)O)C(=O)NCc1ncn(C)n1. The number of hydrogen-bond acceptors (Lipinski definition) is 4. The summed E-state index contributed by atoms with van der Waals surface area (Å²) in [6.45, 7) is 3.34. The third-order valence-electron chi connectivity index (χ3n) is 2.23. The molecule has 2 amide bonds. The minimum atomic E-state index is -1.05. The van der Waals surface area contributed by atoms with Gasteiger partial charge < -0.3 is 15.3 Å². The maximum Gasteiger partial charge on any atom is 0.323 e. The predicted octanol–water partition coefficient (Wildman–Crippen LogP) is -0.180. The van der Waals surface area contributed by atoms with E-state index in [2.05, 4.69) is 15.4 Å². The Morgan fingerprint density at radius 2 is 2.22 bits per heavy atom. The van der Waals surface area contributed by atoms with Gasteiger partial charge in [0.05, 0.1) is 6.54 Å².